The monoisotopic (exact) mass is 145 g/mol. The average molecular weight is 145 g/mol. The van der Waals surface area contributed by atoms with Crippen molar-refractivity contribution in [2.24, 2.45) is 5.73 Å². The molecule has 3 heteroatoms. The van der Waals surface area contributed by atoms with Crippen LogP contribution in [0.3, 0.4) is 0 Å². The van der Waals surface area contributed by atoms with Gasteiger partial charge in [0.2, 0.25) is 5.91 Å². The first-order valence-corrected chi connectivity index (χ1v) is 3.63. The van der Waals surface area contributed by atoms with Gasteiger partial charge in [0, 0.05) is 6.42 Å². The Balaban J connectivity index is 0.000000162. The summed E-state index contributed by atoms with van der Waals surface area (Å²) in [5, 5.41) is 8.45. The van der Waals surface area contributed by atoms with Gasteiger partial charge in [-0.3, -0.25) is 4.79 Å². The van der Waals surface area contributed by atoms with Crippen LogP contribution in [0.15, 0.2) is 0 Å². The molecule has 0 aromatic rings. The standard InChI is InChI=1S/C4H8O.C3H7NO/c5-4-2-1-3-4;1-2-3(4)5/h4-5H,1-3H2;2H2,1H3,(H2,4,5). The van der Waals surface area contributed by atoms with Crippen molar-refractivity contribution in [3.05, 3.63) is 0 Å². The van der Waals surface area contributed by atoms with Crippen LogP contribution in [0.25, 0.3) is 0 Å². The first-order valence-electron chi connectivity index (χ1n) is 3.63. The van der Waals surface area contributed by atoms with E-state index in [2.05, 4.69) is 5.73 Å². The van der Waals surface area contributed by atoms with E-state index in [9.17, 15) is 4.79 Å². The summed E-state index contributed by atoms with van der Waals surface area (Å²) in [7, 11) is 0. The van der Waals surface area contributed by atoms with E-state index in [-0.39, 0.29) is 12.0 Å². The Labute approximate surface area is 61.2 Å². The van der Waals surface area contributed by atoms with Crippen molar-refractivity contribution in [1.29, 1.82) is 0 Å². The Morgan fingerprint density at radius 3 is 2.00 bits per heavy atom. The molecular weight excluding hydrogens is 130 g/mol. The van der Waals surface area contributed by atoms with Crippen LogP contribution in [-0.2, 0) is 4.79 Å². The molecule has 0 radical (unpaired) electrons. The molecule has 3 N–H and O–H groups in total. The molecule has 0 aromatic heterocycles. The minimum Gasteiger partial charge on any atom is -0.393 e. The molecule has 1 rings (SSSR count). The summed E-state index contributed by atoms with van der Waals surface area (Å²) >= 11 is 0. The van der Waals surface area contributed by atoms with Gasteiger partial charge >= 0.3 is 0 Å². The molecule has 1 aliphatic rings. The van der Waals surface area contributed by atoms with Crippen molar-refractivity contribution in [3.63, 3.8) is 0 Å². The second-order valence-electron chi connectivity index (χ2n) is 2.40. The molecule has 0 heterocycles. The van der Waals surface area contributed by atoms with Gasteiger partial charge in [-0.05, 0) is 19.3 Å². The predicted molar refractivity (Wildman–Crippen MR) is 39.3 cm³/mol. The minimum atomic E-state index is -0.245. The molecular formula is C7H15NO2. The molecule has 10 heavy (non-hydrogen) atoms. The number of aliphatic hydroxyl groups is 1. The van der Waals surface area contributed by atoms with Crippen LogP contribution in [-0.4, -0.2) is 17.1 Å². The zero-order valence-corrected chi connectivity index (χ0v) is 6.34. The van der Waals surface area contributed by atoms with Crippen molar-refractivity contribution in [1.82, 2.24) is 0 Å². The minimum absolute atomic E-state index is 0.0648. The van der Waals surface area contributed by atoms with Gasteiger partial charge in [0.05, 0.1) is 6.10 Å². The third-order valence-corrected chi connectivity index (χ3v) is 1.42. The number of primary amides is 1. The van der Waals surface area contributed by atoms with Crippen molar-refractivity contribution in [2.45, 2.75) is 38.7 Å². The molecule has 1 fully saturated rings. The van der Waals surface area contributed by atoms with Crippen LogP contribution >= 0.6 is 0 Å². The van der Waals surface area contributed by atoms with E-state index in [0.717, 1.165) is 12.8 Å². The molecule has 0 atom stereocenters. The van der Waals surface area contributed by atoms with Crippen LogP contribution < -0.4 is 5.73 Å². The molecule has 3 nitrogen and oxygen atoms in total. The van der Waals surface area contributed by atoms with Crippen LogP contribution in [0, 0.1) is 0 Å². The molecule has 0 spiro atoms. The summed E-state index contributed by atoms with van der Waals surface area (Å²) < 4.78 is 0. The summed E-state index contributed by atoms with van der Waals surface area (Å²) in [4.78, 5) is 9.59. The summed E-state index contributed by atoms with van der Waals surface area (Å²) in [6, 6.07) is 0. The Kier molecular flexibility index (Phi) is 4.94. The van der Waals surface area contributed by atoms with Gasteiger partial charge < -0.3 is 10.8 Å². The third-order valence-electron chi connectivity index (χ3n) is 1.42. The van der Waals surface area contributed by atoms with E-state index in [0.29, 0.717) is 6.42 Å². The van der Waals surface area contributed by atoms with Crippen molar-refractivity contribution < 1.29 is 9.90 Å². The summed E-state index contributed by atoms with van der Waals surface area (Å²) in [5.41, 5.74) is 4.65. The fourth-order valence-electron chi connectivity index (χ4n) is 0.387. The molecule has 0 aromatic carbocycles. The number of carbonyl (C=O) groups is 1. The fraction of sp³-hybridized carbons (Fsp3) is 0.857. The molecule has 1 saturated carbocycles. The van der Waals surface area contributed by atoms with Gasteiger partial charge in [0.25, 0.3) is 0 Å². The van der Waals surface area contributed by atoms with Gasteiger partial charge in [-0.1, -0.05) is 6.92 Å². The quantitative estimate of drug-likeness (QED) is 0.561. The molecule has 0 unspecified atom stereocenters. The Morgan fingerprint density at radius 2 is 2.00 bits per heavy atom. The van der Waals surface area contributed by atoms with Crippen molar-refractivity contribution >= 4 is 5.91 Å². The number of aliphatic hydroxyl groups excluding tert-OH is 1. The van der Waals surface area contributed by atoms with Crippen molar-refractivity contribution in [3.8, 4) is 0 Å². The van der Waals surface area contributed by atoms with Gasteiger partial charge in [0.15, 0.2) is 0 Å². The molecule has 0 aliphatic heterocycles. The lowest BCUT2D eigenvalue weighted by molar-refractivity contribution is -0.117. The van der Waals surface area contributed by atoms with E-state index in [4.69, 9.17) is 5.11 Å². The van der Waals surface area contributed by atoms with E-state index in [1.165, 1.54) is 6.42 Å². The smallest absolute Gasteiger partial charge is 0.217 e. The van der Waals surface area contributed by atoms with E-state index in [1.54, 1.807) is 6.92 Å². The number of amides is 1. The zero-order valence-electron chi connectivity index (χ0n) is 6.34. The molecule has 1 amide bonds. The molecule has 60 valence electrons. The van der Waals surface area contributed by atoms with Gasteiger partial charge in [-0.25, -0.2) is 0 Å². The van der Waals surface area contributed by atoms with Gasteiger partial charge in [0.1, 0.15) is 0 Å². The Bertz CT molecular complexity index is 99.8. The third kappa shape index (κ3) is 5.56. The first-order chi connectivity index (χ1) is 4.66. The first kappa shape index (κ1) is 9.43. The van der Waals surface area contributed by atoms with Gasteiger partial charge in [-0.2, -0.15) is 0 Å². The Hall–Kier alpha value is -0.570. The summed E-state index contributed by atoms with van der Waals surface area (Å²) in [5.74, 6) is -0.245. The maximum Gasteiger partial charge on any atom is 0.217 e. The van der Waals surface area contributed by atoms with Gasteiger partial charge in [-0.15, -0.1) is 0 Å². The topological polar surface area (TPSA) is 63.3 Å². The normalized spacial score (nSPS) is 16.6. The second-order valence-corrected chi connectivity index (χ2v) is 2.40. The number of hydrogen-bond acceptors (Lipinski definition) is 2. The van der Waals surface area contributed by atoms with E-state index < -0.39 is 0 Å². The van der Waals surface area contributed by atoms with Crippen molar-refractivity contribution in [2.75, 3.05) is 0 Å². The lowest BCUT2D eigenvalue weighted by Crippen LogP contribution is -2.15. The highest BCUT2D eigenvalue weighted by Crippen LogP contribution is 2.16. The Morgan fingerprint density at radius 1 is 1.70 bits per heavy atom. The van der Waals surface area contributed by atoms with Crippen LogP contribution in [0.2, 0.25) is 0 Å². The van der Waals surface area contributed by atoms with Crippen LogP contribution in [0.5, 0.6) is 0 Å². The highest BCUT2D eigenvalue weighted by Gasteiger charge is 2.11. The second kappa shape index (κ2) is 5.23. The highest BCUT2D eigenvalue weighted by molar-refractivity contribution is 5.73. The largest absolute Gasteiger partial charge is 0.393 e. The molecule has 0 saturated heterocycles. The maximum atomic E-state index is 9.59. The number of hydrogen-bond donors (Lipinski definition) is 2. The lowest BCUT2D eigenvalue weighted by atomic mass is 9.97. The highest BCUT2D eigenvalue weighted by atomic mass is 16.3. The van der Waals surface area contributed by atoms with Crippen LogP contribution in [0.4, 0.5) is 0 Å². The SMILES string of the molecule is CCC(N)=O.OC1CCC1. The number of carbonyl (C=O) groups excluding carboxylic acids is 1. The fourth-order valence-corrected chi connectivity index (χ4v) is 0.387. The average Bonchev–Trinajstić information content (AvgIpc) is 1.85. The molecule has 0 bridgehead atoms. The molecule has 1 aliphatic carbocycles. The number of nitrogens with two attached hydrogens (primary N) is 1. The van der Waals surface area contributed by atoms with E-state index >= 15 is 0 Å². The predicted octanol–water partition coefficient (Wildman–Crippen LogP) is 0.413. The zero-order chi connectivity index (χ0) is 7.98. The maximum absolute atomic E-state index is 9.59. The van der Waals surface area contributed by atoms with Crippen LogP contribution in [0.1, 0.15) is 32.6 Å². The lowest BCUT2D eigenvalue weighted by Gasteiger charge is -2.17. The summed E-state index contributed by atoms with van der Waals surface area (Å²) in [6.07, 6.45) is 3.83. The van der Waals surface area contributed by atoms with E-state index in [1.807, 2.05) is 0 Å². The number of rotatable bonds is 1. The summed E-state index contributed by atoms with van der Waals surface area (Å²) in [6.45, 7) is 1.72.